The van der Waals surface area contributed by atoms with Gasteiger partial charge in [0.05, 0.1) is 24.3 Å². The first-order chi connectivity index (χ1) is 8.15. The minimum absolute atomic E-state index is 0.00683. The van der Waals surface area contributed by atoms with Gasteiger partial charge in [-0.15, -0.1) is 0 Å². The smallest absolute Gasteiger partial charge is 0.175 e. The molecule has 4 nitrogen and oxygen atoms in total. The van der Waals surface area contributed by atoms with Crippen molar-refractivity contribution >= 4 is 15.9 Å². The largest absolute Gasteiger partial charge is 0.504 e. The number of methoxy groups -OCH3 is 1. The summed E-state index contributed by atoms with van der Waals surface area (Å²) >= 11 is 3.49. The van der Waals surface area contributed by atoms with E-state index in [2.05, 4.69) is 21.2 Å². The zero-order valence-corrected chi connectivity index (χ0v) is 11.5. The highest BCUT2D eigenvalue weighted by Gasteiger charge is 2.24. The normalized spacial score (nSPS) is 20.3. The van der Waals surface area contributed by atoms with Crippen molar-refractivity contribution in [3.05, 3.63) is 21.7 Å². The molecule has 1 fully saturated rings. The van der Waals surface area contributed by atoms with E-state index in [4.69, 9.17) is 9.47 Å². The van der Waals surface area contributed by atoms with Crippen molar-refractivity contribution in [1.82, 2.24) is 5.32 Å². The number of phenols is 1. The van der Waals surface area contributed by atoms with Gasteiger partial charge >= 0.3 is 0 Å². The summed E-state index contributed by atoms with van der Waals surface area (Å²) in [5, 5.41) is 13.1. The van der Waals surface area contributed by atoms with Crippen molar-refractivity contribution in [1.29, 1.82) is 0 Å². The van der Waals surface area contributed by atoms with E-state index < -0.39 is 0 Å². The Balaban J connectivity index is 2.44. The summed E-state index contributed by atoms with van der Waals surface area (Å²) in [4.78, 5) is 0. The maximum Gasteiger partial charge on any atom is 0.175 e. The Labute approximate surface area is 109 Å². The maximum absolute atomic E-state index is 9.78. The predicted molar refractivity (Wildman–Crippen MR) is 68.7 cm³/mol. The van der Waals surface area contributed by atoms with Crippen LogP contribution < -0.4 is 10.1 Å². The van der Waals surface area contributed by atoms with Gasteiger partial charge in [-0.2, -0.15) is 0 Å². The molecule has 0 spiro atoms. The molecule has 1 saturated heterocycles. The Morgan fingerprint density at radius 2 is 2.35 bits per heavy atom. The number of ether oxygens (including phenoxy) is 2. The fraction of sp³-hybridized carbons (Fsp3) is 0.500. The third-order valence-electron chi connectivity index (χ3n) is 2.90. The molecule has 2 N–H and O–H groups in total. The molecule has 0 amide bonds. The summed E-state index contributed by atoms with van der Waals surface area (Å²) in [5.41, 5.74) is 2.02. The first kappa shape index (κ1) is 12.7. The summed E-state index contributed by atoms with van der Waals surface area (Å²) in [6.45, 7) is 4.30. The average molecular weight is 302 g/mol. The van der Waals surface area contributed by atoms with Crippen molar-refractivity contribution < 1.29 is 14.6 Å². The van der Waals surface area contributed by atoms with Gasteiger partial charge in [-0.1, -0.05) is 0 Å². The molecular formula is C12H16BrNO3. The number of aryl methyl sites for hydroxylation is 1. The molecule has 1 atom stereocenters. The van der Waals surface area contributed by atoms with Crippen LogP contribution >= 0.6 is 15.9 Å². The summed E-state index contributed by atoms with van der Waals surface area (Å²) in [6, 6.07) is 1.71. The molecule has 1 aliphatic rings. The molecule has 0 saturated carbocycles. The summed E-state index contributed by atoms with van der Waals surface area (Å²) in [6.07, 6.45) is -0.00683. The molecule has 1 aromatic rings. The van der Waals surface area contributed by atoms with E-state index in [0.29, 0.717) is 12.4 Å². The molecule has 2 rings (SSSR count). The van der Waals surface area contributed by atoms with Gasteiger partial charge in [-0.05, 0) is 34.5 Å². The lowest BCUT2D eigenvalue weighted by molar-refractivity contribution is 0.0267. The number of hydrogen-bond acceptors (Lipinski definition) is 4. The van der Waals surface area contributed by atoms with Crippen LogP contribution in [0.15, 0.2) is 10.5 Å². The lowest BCUT2D eigenvalue weighted by Gasteiger charge is -2.27. The number of morpholine rings is 1. The van der Waals surface area contributed by atoms with Crippen LogP contribution in [0.2, 0.25) is 0 Å². The van der Waals surface area contributed by atoms with E-state index in [0.717, 1.165) is 28.7 Å². The molecule has 0 bridgehead atoms. The van der Waals surface area contributed by atoms with Crippen LogP contribution in [0, 0.1) is 6.92 Å². The van der Waals surface area contributed by atoms with Gasteiger partial charge < -0.3 is 19.9 Å². The van der Waals surface area contributed by atoms with Crippen LogP contribution in [-0.4, -0.2) is 31.9 Å². The Kier molecular flexibility index (Phi) is 3.91. The molecular weight excluding hydrogens is 286 g/mol. The number of benzene rings is 1. The highest BCUT2D eigenvalue weighted by Crippen LogP contribution is 2.42. The van der Waals surface area contributed by atoms with Gasteiger partial charge in [0.25, 0.3) is 0 Å². The first-order valence-corrected chi connectivity index (χ1v) is 6.32. The van der Waals surface area contributed by atoms with Crippen molar-refractivity contribution in [2.45, 2.75) is 13.0 Å². The van der Waals surface area contributed by atoms with Crippen molar-refractivity contribution in [2.75, 3.05) is 26.8 Å². The van der Waals surface area contributed by atoms with E-state index in [1.54, 1.807) is 13.2 Å². The zero-order valence-electron chi connectivity index (χ0n) is 9.92. The van der Waals surface area contributed by atoms with E-state index in [-0.39, 0.29) is 11.9 Å². The molecule has 1 unspecified atom stereocenters. The van der Waals surface area contributed by atoms with Gasteiger partial charge in [0.15, 0.2) is 11.5 Å². The van der Waals surface area contributed by atoms with E-state index in [1.807, 2.05) is 6.92 Å². The highest BCUT2D eigenvalue weighted by molar-refractivity contribution is 9.10. The van der Waals surface area contributed by atoms with Crippen LogP contribution in [0.4, 0.5) is 0 Å². The lowest BCUT2D eigenvalue weighted by atomic mass is 10.0. The Hall–Kier alpha value is -0.780. The number of phenolic OH excluding ortho intramolecular Hbond substituents is 1. The summed E-state index contributed by atoms with van der Waals surface area (Å²) in [5.74, 6) is 0.601. The van der Waals surface area contributed by atoms with Gasteiger partial charge in [0.1, 0.15) is 0 Å². The van der Waals surface area contributed by atoms with Crippen LogP contribution in [0.25, 0.3) is 0 Å². The molecule has 1 aliphatic heterocycles. The second kappa shape index (κ2) is 5.25. The molecule has 17 heavy (non-hydrogen) atoms. The molecule has 5 heteroatoms. The predicted octanol–water partition coefficient (Wildman–Crippen LogP) is 2.13. The topological polar surface area (TPSA) is 50.7 Å². The number of hydrogen-bond donors (Lipinski definition) is 2. The molecule has 0 aromatic heterocycles. The van der Waals surface area contributed by atoms with Gasteiger partial charge in [-0.25, -0.2) is 0 Å². The highest BCUT2D eigenvalue weighted by atomic mass is 79.9. The number of halogens is 1. The Morgan fingerprint density at radius 3 is 2.94 bits per heavy atom. The van der Waals surface area contributed by atoms with Crippen LogP contribution in [0.3, 0.4) is 0 Å². The van der Waals surface area contributed by atoms with E-state index in [9.17, 15) is 5.11 Å². The second-order valence-corrected chi connectivity index (χ2v) is 4.83. The van der Waals surface area contributed by atoms with Crippen LogP contribution in [0.5, 0.6) is 11.5 Å². The summed E-state index contributed by atoms with van der Waals surface area (Å²) < 4.78 is 11.7. The second-order valence-electron chi connectivity index (χ2n) is 4.04. The summed E-state index contributed by atoms with van der Waals surface area (Å²) in [7, 11) is 1.54. The van der Waals surface area contributed by atoms with E-state index >= 15 is 0 Å². The monoisotopic (exact) mass is 301 g/mol. The number of nitrogens with one attached hydrogen (secondary N) is 1. The van der Waals surface area contributed by atoms with Gasteiger partial charge in [0, 0.05) is 18.7 Å². The third-order valence-corrected chi connectivity index (χ3v) is 3.69. The SMILES string of the molecule is COc1c(O)cc(C)c(C2CNCCO2)c1Br. The Bertz CT molecular complexity index is 417. The van der Waals surface area contributed by atoms with Crippen molar-refractivity contribution in [2.24, 2.45) is 0 Å². The molecule has 1 aromatic carbocycles. The standard InChI is InChI=1S/C12H16BrNO3/c1-7-5-8(15)12(16-2)11(13)10(7)9-6-14-3-4-17-9/h5,9,14-15H,3-4,6H2,1-2H3. The first-order valence-electron chi connectivity index (χ1n) is 5.53. The number of rotatable bonds is 2. The van der Waals surface area contributed by atoms with Crippen LogP contribution in [0.1, 0.15) is 17.2 Å². The minimum atomic E-state index is -0.00683. The minimum Gasteiger partial charge on any atom is -0.504 e. The Morgan fingerprint density at radius 1 is 1.59 bits per heavy atom. The molecule has 1 heterocycles. The lowest BCUT2D eigenvalue weighted by Crippen LogP contribution is -2.33. The van der Waals surface area contributed by atoms with Crippen molar-refractivity contribution in [3.8, 4) is 11.5 Å². The third kappa shape index (κ3) is 2.41. The fourth-order valence-electron chi connectivity index (χ4n) is 2.10. The maximum atomic E-state index is 9.78. The van der Waals surface area contributed by atoms with E-state index in [1.165, 1.54) is 0 Å². The fourth-order valence-corrected chi connectivity index (χ4v) is 3.03. The molecule has 0 radical (unpaired) electrons. The van der Waals surface area contributed by atoms with Gasteiger partial charge in [0.2, 0.25) is 0 Å². The molecule has 94 valence electrons. The van der Waals surface area contributed by atoms with Gasteiger partial charge in [-0.3, -0.25) is 0 Å². The quantitative estimate of drug-likeness (QED) is 0.879. The average Bonchev–Trinajstić information content (AvgIpc) is 2.30. The zero-order chi connectivity index (χ0) is 12.4. The molecule has 0 aliphatic carbocycles. The van der Waals surface area contributed by atoms with Crippen molar-refractivity contribution in [3.63, 3.8) is 0 Å². The van der Waals surface area contributed by atoms with Crippen LogP contribution in [-0.2, 0) is 4.74 Å². The number of aromatic hydroxyl groups is 1.